The highest BCUT2D eigenvalue weighted by atomic mass is 16.3. The Labute approximate surface area is 128 Å². The zero-order valence-corrected chi connectivity index (χ0v) is 12.2. The number of carbonyl (C=O) groups excluding carboxylic acids is 1. The summed E-state index contributed by atoms with van der Waals surface area (Å²) >= 11 is 0. The lowest BCUT2D eigenvalue weighted by molar-refractivity contribution is 0.0612. The van der Waals surface area contributed by atoms with Gasteiger partial charge < -0.3 is 15.1 Å². The first-order valence-corrected chi connectivity index (χ1v) is 7.43. The standard InChI is InChI=1S/C16H19N3O3/c20-11-12-5-4-8-18(9-12)16(22)15-14(21)10-19(17-15)13-6-2-1-3-7-13/h1-3,6-7,10,12,20-21H,4-5,8-9,11H2. The van der Waals surface area contributed by atoms with Crippen LogP contribution in [0.1, 0.15) is 23.3 Å². The minimum atomic E-state index is -0.287. The zero-order chi connectivity index (χ0) is 15.5. The van der Waals surface area contributed by atoms with Crippen LogP contribution in [0, 0.1) is 5.92 Å². The molecule has 2 heterocycles. The fourth-order valence-corrected chi connectivity index (χ4v) is 2.78. The number of hydrogen-bond acceptors (Lipinski definition) is 4. The summed E-state index contributed by atoms with van der Waals surface area (Å²) in [6.07, 6.45) is 3.22. The Morgan fingerprint density at radius 1 is 1.32 bits per heavy atom. The molecule has 6 heteroatoms. The van der Waals surface area contributed by atoms with Gasteiger partial charge in [-0.15, -0.1) is 0 Å². The van der Waals surface area contributed by atoms with Gasteiger partial charge in [0.2, 0.25) is 0 Å². The molecule has 1 amide bonds. The normalized spacial score (nSPS) is 18.4. The second-order valence-electron chi connectivity index (χ2n) is 5.59. The van der Waals surface area contributed by atoms with E-state index in [0.29, 0.717) is 13.1 Å². The Morgan fingerprint density at radius 3 is 2.82 bits per heavy atom. The first kappa shape index (κ1) is 14.6. The highest BCUT2D eigenvalue weighted by Gasteiger charge is 2.27. The molecule has 6 nitrogen and oxygen atoms in total. The third-order valence-corrected chi connectivity index (χ3v) is 3.98. The number of benzene rings is 1. The van der Waals surface area contributed by atoms with Gasteiger partial charge in [-0.2, -0.15) is 5.10 Å². The topological polar surface area (TPSA) is 78.6 Å². The number of aliphatic hydroxyl groups excluding tert-OH is 1. The monoisotopic (exact) mass is 301 g/mol. The number of amides is 1. The van der Waals surface area contributed by atoms with Crippen LogP contribution in [0.5, 0.6) is 5.75 Å². The first-order valence-electron chi connectivity index (χ1n) is 7.43. The molecule has 1 atom stereocenters. The van der Waals surface area contributed by atoms with Crippen molar-refractivity contribution >= 4 is 5.91 Å². The minimum Gasteiger partial charge on any atom is -0.504 e. The lowest BCUT2D eigenvalue weighted by Gasteiger charge is -2.31. The van der Waals surface area contributed by atoms with E-state index in [-0.39, 0.29) is 29.9 Å². The van der Waals surface area contributed by atoms with Gasteiger partial charge in [0, 0.05) is 19.7 Å². The van der Waals surface area contributed by atoms with E-state index in [4.69, 9.17) is 0 Å². The van der Waals surface area contributed by atoms with Crippen LogP contribution in [0.25, 0.3) is 5.69 Å². The number of para-hydroxylation sites is 1. The number of carbonyl (C=O) groups is 1. The van der Waals surface area contributed by atoms with Crippen LogP contribution < -0.4 is 0 Å². The molecule has 1 aromatic carbocycles. The van der Waals surface area contributed by atoms with Crippen LogP contribution >= 0.6 is 0 Å². The highest BCUT2D eigenvalue weighted by molar-refractivity contribution is 5.94. The van der Waals surface area contributed by atoms with Crippen molar-refractivity contribution in [1.82, 2.24) is 14.7 Å². The average molecular weight is 301 g/mol. The fourth-order valence-electron chi connectivity index (χ4n) is 2.78. The maximum absolute atomic E-state index is 12.5. The molecule has 3 rings (SSSR count). The summed E-state index contributed by atoms with van der Waals surface area (Å²) in [6, 6.07) is 9.33. The molecule has 1 aliphatic rings. The minimum absolute atomic E-state index is 0.0578. The summed E-state index contributed by atoms with van der Waals surface area (Å²) in [4.78, 5) is 14.2. The van der Waals surface area contributed by atoms with Gasteiger partial charge in [-0.25, -0.2) is 4.68 Å². The predicted octanol–water partition coefficient (Wildman–Crippen LogP) is 1.42. The van der Waals surface area contributed by atoms with Gasteiger partial charge in [0.1, 0.15) is 0 Å². The molecular weight excluding hydrogens is 282 g/mol. The number of rotatable bonds is 3. The van der Waals surface area contributed by atoms with E-state index >= 15 is 0 Å². The predicted molar refractivity (Wildman–Crippen MR) is 80.9 cm³/mol. The van der Waals surface area contributed by atoms with Gasteiger partial charge in [-0.3, -0.25) is 4.79 Å². The Morgan fingerprint density at radius 2 is 2.09 bits per heavy atom. The Kier molecular flexibility index (Phi) is 4.11. The number of piperidine rings is 1. The van der Waals surface area contributed by atoms with E-state index in [9.17, 15) is 15.0 Å². The van der Waals surface area contributed by atoms with Gasteiger partial charge in [-0.05, 0) is 30.9 Å². The van der Waals surface area contributed by atoms with E-state index in [1.807, 2.05) is 30.3 Å². The highest BCUT2D eigenvalue weighted by Crippen LogP contribution is 2.23. The van der Waals surface area contributed by atoms with Crippen molar-refractivity contribution in [2.75, 3.05) is 19.7 Å². The SMILES string of the molecule is O=C(c1nn(-c2ccccc2)cc1O)N1CCCC(CO)C1. The number of likely N-dealkylation sites (tertiary alicyclic amines) is 1. The molecule has 1 saturated heterocycles. The van der Waals surface area contributed by atoms with E-state index in [1.165, 1.54) is 10.9 Å². The molecule has 0 aliphatic carbocycles. The molecule has 0 saturated carbocycles. The molecular formula is C16H19N3O3. The summed E-state index contributed by atoms with van der Waals surface area (Å²) in [5.74, 6) is -0.304. The van der Waals surface area contributed by atoms with Crippen molar-refractivity contribution in [3.8, 4) is 11.4 Å². The van der Waals surface area contributed by atoms with Crippen LogP contribution in [0.4, 0.5) is 0 Å². The van der Waals surface area contributed by atoms with Crippen LogP contribution in [0.2, 0.25) is 0 Å². The van der Waals surface area contributed by atoms with Gasteiger partial charge in [-0.1, -0.05) is 18.2 Å². The van der Waals surface area contributed by atoms with Crippen molar-refractivity contribution in [2.45, 2.75) is 12.8 Å². The van der Waals surface area contributed by atoms with Crippen LogP contribution in [-0.2, 0) is 0 Å². The second-order valence-corrected chi connectivity index (χ2v) is 5.59. The number of aromatic nitrogens is 2. The van der Waals surface area contributed by atoms with Gasteiger partial charge in [0.05, 0.1) is 11.9 Å². The molecule has 1 unspecified atom stereocenters. The quantitative estimate of drug-likeness (QED) is 0.899. The lowest BCUT2D eigenvalue weighted by atomic mass is 9.99. The van der Waals surface area contributed by atoms with E-state index in [2.05, 4.69) is 5.10 Å². The van der Waals surface area contributed by atoms with Crippen molar-refractivity contribution < 1.29 is 15.0 Å². The Bertz CT molecular complexity index is 654. The smallest absolute Gasteiger partial charge is 0.278 e. The molecule has 2 N–H and O–H groups in total. The number of nitrogens with zero attached hydrogens (tertiary/aromatic N) is 3. The number of hydrogen-bond donors (Lipinski definition) is 2. The van der Waals surface area contributed by atoms with E-state index < -0.39 is 0 Å². The van der Waals surface area contributed by atoms with Gasteiger partial charge in [0.15, 0.2) is 11.4 Å². The summed E-state index contributed by atoms with van der Waals surface area (Å²) < 4.78 is 1.50. The average Bonchev–Trinajstić information content (AvgIpc) is 2.97. The molecule has 1 aromatic heterocycles. The fraction of sp³-hybridized carbons (Fsp3) is 0.375. The Hall–Kier alpha value is -2.34. The molecule has 22 heavy (non-hydrogen) atoms. The molecule has 116 valence electrons. The third-order valence-electron chi connectivity index (χ3n) is 3.98. The van der Waals surface area contributed by atoms with E-state index in [0.717, 1.165) is 18.5 Å². The van der Waals surface area contributed by atoms with Crippen molar-refractivity contribution in [2.24, 2.45) is 5.92 Å². The van der Waals surface area contributed by atoms with Crippen LogP contribution in [-0.4, -0.2) is 50.5 Å². The molecule has 1 fully saturated rings. The lowest BCUT2D eigenvalue weighted by Crippen LogP contribution is -2.41. The van der Waals surface area contributed by atoms with E-state index in [1.54, 1.807) is 4.90 Å². The third kappa shape index (κ3) is 2.82. The van der Waals surface area contributed by atoms with Crippen LogP contribution in [0.3, 0.4) is 0 Å². The molecule has 0 radical (unpaired) electrons. The Balaban J connectivity index is 1.83. The maximum Gasteiger partial charge on any atom is 0.278 e. The largest absolute Gasteiger partial charge is 0.504 e. The molecule has 0 bridgehead atoms. The summed E-state index contributed by atoms with van der Waals surface area (Å²) in [7, 11) is 0. The zero-order valence-electron chi connectivity index (χ0n) is 12.2. The van der Waals surface area contributed by atoms with Crippen molar-refractivity contribution in [1.29, 1.82) is 0 Å². The first-order chi connectivity index (χ1) is 10.7. The van der Waals surface area contributed by atoms with Crippen molar-refractivity contribution in [3.63, 3.8) is 0 Å². The maximum atomic E-state index is 12.5. The summed E-state index contributed by atoms with van der Waals surface area (Å²) in [6.45, 7) is 1.22. The van der Waals surface area contributed by atoms with Gasteiger partial charge >= 0.3 is 0 Å². The van der Waals surface area contributed by atoms with Gasteiger partial charge in [0.25, 0.3) is 5.91 Å². The van der Waals surface area contributed by atoms with Crippen LogP contribution in [0.15, 0.2) is 36.5 Å². The summed E-state index contributed by atoms with van der Waals surface area (Å²) in [5, 5.41) is 23.5. The second kappa shape index (κ2) is 6.19. The molecule has 1 aliphatic heterocycles. The van der Waals surface area contributed by atoms with Crippen molar-refractivity contribution in [3.05, 3.63) is 42.2 Å². The molecule has 0 spiro atoms. The molecule has 2 aromatic rings. The number of aliphatic hydroxyl groups is 1. The summed E-state index contributed by atoms with van der Waals surface area (Å²) in [5.41, 5.74) is 0.839. The number of aromatic hydroxyl groups is 1.